The number of aromatic nitrogens is 2. The molecule has 31 heavy (non-hydrogen) atoms. The summed E-state index contributed by atoms with van der Waals surface area (Å²) in [7, 11) is -8.52. The largest absolute Gasteiger partial charge is 0.390 e. The van der Waals surface area contributed by atoms with Gasteiger partial charge in [0, 0.05) is 24.7 Å². The highest BCUT2D eigenvalue weighted by Gasteiger charge is 2.36. The monoisotopic (exact) mass is 476 g/mol. The minimum absolute atomic E-state index is 0.00772. The van der Waals surface area contributed by atoms with Crippen molar-refractivity contribution < 1.29 is 31.2 Å². The number of hydrogen-bond donors (Lipinski definition) is 5. The summed E-state index contributed by atoms with van der Waals surface area (Å²) < 4.78 is 66.0. The minimum atomic E-state index is -4.49. The van der Waals surface area contributed by atoms with Gasteiger partial charge in [-0.25, -0.2) is 17.9 Å². The van der Waals surface area contributed by atoms with Crippen LogP contribution in [0.2, 0.25) is 0 Å². The molecule has 0 spiro atoms. The van der Waals surface area contributed by atoms with Gasteiger partial charge in [-0.15, -0.1) is 0 Å². The molecule has 1 saturated heterocycles. The van der Waals surface area contributed by atoms with Crippen LogP contribution in [0, 0.1) is 6.92 Å². The molecule has 13 nitrogen and oxygen atoms in total. The van der Waals surface area contributed by atoms with E-state index in [9.17, 15) is 31.5 Å². The second kappa shape index (κ2) is 8.52. The van der Waals surface area contributed by atoms with Crippen LogP contribution in [-0.4, -0.2) is 54.8 Å². The maximum Gasteiger partial charge on any atom is 0.357 e. The zero-order chi connectivity index (χ0) is 23.0. The lowest BCUT2D eigenvalue weighted by Gasteiger charge is -2.17. The fraction of sp³-hybridized carbons (Fsp3) is 0.375. The molecule has 1 aromatic heterocycles. The molecule has 1 fully saturated rings. The van der Waals surface area contributed by atoms with Crippen molar-refractivity contribution in [3.63, 3.8) is 0 Å². The van der Waals surface area contributed by atoms with Gasteiger partial charge in [-0.2, -0.15) is 8.42 Å². The Morgan fingerprint density at radius 1 is 1.19 bits per heavy atom. The molecule has 3 atom stereocenters. The van der Waals surface area contributed by atoms with Crippen molar-refractivity contribution >= 4 is 26.0 Å². The van der Waals surface area contributed by atoms with E-state index >= 15 is 0 Å². The van der Waals surface area contributed by atoms with Gasteiger partial charge in [0.2, 0.25) is 10.0 Å². The van der Waals surface area contributed by atoms with Gasteiger partial charge in [0.25, 0.3) is 5.56 Å². The number of aliphatic hydroxyl groups excluding tert-OH is 1. The van der Waals surface area contributed by atoms with E-state index in [4.69, 9.17) is 9.29 Å². The van der Waals surface area contributed by atoms with Crippen LogP contribution in [0.15, 0.2) is 44.9 Å². The van der Waals surface area contributed by atoms with E-state index in [1.165, 1.54) is 13.1 Å². The molecule has 3 rings (SSSR count). The van der Waals surface area contributed by atoms with Gasteiger partial charge in [0.15, 0.2) is 0 Å². The maximum absolute atomic E-state index is 12.4. The average Bonchev–Trinajstić information content (AvgIpc) is 3.03. The predicted molar refractivity (Wildman–Crippen MR) is 107 cm³/mol. The number of H-pyrrole nitrogens is 1. The summed E-state index contributed by atoms with van der Waals surface area (Å²) in [5.41, 5.74) is -1.02. The van der Waals surface area contributed by atoms with E-state index in [0.29, 0.717) is 0 Å². The van der Waals surface area contributed by atoms with Gasteiger partial charge < -0.3 is 9.84 Å². The summed E-state index contributed by atoms with van der Waals surface area (Å²) in [5.74, 6) is 0. The number of aryl methyl sites for hydroxylation is 1. The molecule has 1 aliphatic heterocycles. The van der Waals surface area contributed by atoms with Gasteiger partial charge in [-0.3, -0.25) is 23.6 Å². The third kappa shape index (κ3) is 5.57. The van der Waals surface area contributed by atoms with Gasteiger partial charge in [0.05, 0.1) is 22.8 Å². The van der Waals surface area contributed by atoms with Crippen molar-refractivity contribution in [2.45, 2.75) is 36.7 Å². The van der Waals surface area contributed by atoms with E-state index in [1.54, 1.807) is 4.72 Å². The number of hydrogen-bond acceptors (Lipinski definition) is 8. The highest BCUT2D eigenvalue weighted by atomic mass is 32.2. The molecule has 2 aromatic rings. The maximum atomic E-state index is 12.4. The SMILES string of the molecule is Cc1cn([C@H]2C[C@H](O)[C@@H](CNS(=O)(=O)c3ccc(NS(=O)(=O)O)cc3)O2)c(=O)[nH]c1=O. The molecule has 170 valence electrons. The Morgan fingerprint density at radius 3 is 2.45 bits per heavy atom. The normalized spacial score (nSPS) is 21.8. The van der Waals surface area contributed by atoms with Crippen LogP contribution < -0.4 is 20.7 Å². The smallest absolute Gasteiger partial charge is 0.357 e. The fourth-order valence-electron chi connectivity index (χ4n) is 3.00. The number of anilines is 1. The summed E-state index contributed by atoms with van der Waals surface area (Å²) >= 11 is 0. The first kappa shape index (κ1) is 23.1. The summed E-state index contributed by atoms with van der Waals surface area (Å²) in [6, 6.07) is 4.52. The number of rotatable bonds is 7. The van der Waals surface area contributed by atoms with Crippen LogP contribution in [0.4, 0.5) is 5.69 Å². The molecule has 0 aliphatic carbocycles. The zero-order valence-electron chi connectivity index (χ0n) is 16.0. The van der Waals surface area contributed by atoms with E-state index in [2.05, 4.69) is 9.71 Å². The Kier molecular flexibility index (Phi) is 6.35. The first-order valence-corrected chi connectivity index (χ1v) is 11.8. The molecule has 0 amide bonds. The summed E-state index contributed by atoms with van der Waals surface area (Å²) in [5, 5.41) is 10.2. The fourth-order valence-corrected chi connectivity index (χ4v) is 4.47. The Labute approximate surface area is 176 Å². The van der Waals surface area contributed by atoms with E-state index in [0.717, 1.165) is 28.8 Å². The molecule has 1 aromatic carbocycles. The molecule has 0 saturated carbocycles. The molecule has 1 aliphatic rings. The number of sulfonamides is 1. The first-order chi connectivity index (χ1) is 14.4. The average molecular weight is 476 g/mol. The van der Waals surface area contributed by atoms with Crippen LogP contribution in [-0.2, 0) is 25.1 Å². The molecular weight excluding hydrogens is 456 g/mol. The van der Waals surface area contributed by atoms with Crippen LogP contribution in [0.1, 0.15) is 18.2 Å². The minimum Gasteiger partial charge on any atom is -0.390 e. The van der Waals surface area contributed by atoms with Crippen LogP contribution in [0.3, 0.4) is 0 Å². The van der Waals surface area contributed by atoms with Crippen molar-refractivity contribution in [1.82, 2.24) is 14.3 Å². The zero-order valence-corrected chi connectivity index (χ0v) is 17.7. The van der Waals surface area contributed by atoms with E-state index < -0.39 is 50.0 Å². The number of nitrogens with zero attached hydrogens (tertiary/aromatic N) is 1. The lowest BCUT2D eigenvalue weighted by atomic mass is 10.2. The molecule has 0 unspecified atom stereocenters. The van der Waals surface area contributed by atoms with Crippen molar-refractivity contribution in [1.29, 1.82) is 0 Å². The number of aliphatic hydroxyl groups is 1. The van der Waals surface area contributed by atoms with Crippen molar-refractivity contribution in [3.8, 4) is 0 Å². The number of benzene rings is 1. The second-order valence-corrected chi connectivity index (χ2v) is 9.79. The van der Waals surface area contributed by atoms with Gasteiger partial charge in [-0.05, 0) is 31.2 Å². The quantitative estimate of drug-likeness (QED) is 0.301. The molecular formula is C16H20N4O9S2. The van der Waals surface area contributed by atoms with Gasteiger partial charge in [-0.1, -0.05) is 0 Å². The second-order valence-electron chi connectivity index (χ2n) is 6.86. The summed E-state index contributed by atoms with van der Waals surface area (Å²) in [6.07, 6.45) is -1.62. The first-order valence-electron chi connectivity index (χ1n) is 8.86. The Morgan fingerprint density at radius 2 is 1.84 bits per heavy atom. The van der Waals surface area contributed by atoms with Crippen LogP contribution in [0.5, 0.6) is 0 Å². The van der Waals surface area contributed by atoms with Gasteiger partial charge >= 0.3 is 16.0 Å². The van der Waals surface area contributed by atoms with Gasteiger partial charge in [0.1, 0.15) is 6.23 Å². The lowest BCUT2D eigenvalue weighted by molar-refractivity contribution is -0.0169. The summed E-state index contributed by atoms with van der Waals surface area (Å²) in [6.45, 7) is 1.20. The lowest BCUT2D eigenvalue weighted by Crippen LogP contribution is -2.37. The van der Waals surface area contributed by atoms with Crippen molar-refractivity contribution in [2.24, 2.45) is 0 Å². The van der Waals surface area contributed by atoms with Crippen molar-refractivity contribution in [3.05, 3.63) is 56.9 Å². The molecule has 2 heterocycles. The molecule has 15 heteroatoms. The highest BCUT2D eigenvalue weighted by molar-refractivity contribution is 7.89. The Hall–Kier alpha value is -2.56. The predicted octanol–water partition coefficient (Wildman–Crippen LogP) is -1.31. The van der Waals surface area contributed by atoms with Crippen LogP contribution in [0.25, 0.3) is 0 Å². The number of nitrogens with one attached hydrogen (secondary N) is 3. The van der Waals surface area contributed by atoms with E-state index in [-0.39, 0.29) is 29.1 Å². The Bertz CT molecular complexity index is 1280. The number of ether oxygens (including phenoxy) is 1. The third-order valence-electron chi connectivity index (χ3n) is 4.55. The molecule has 0 bridgehead atoms. The highest BCUT2D eigenvalue weighted by Crippen LogP contribution is 2.27. The molecule has 5 N–H and O–H groups in total. The van der Waals surface area contributed by atoms with Crippen LogP contribution >= 0.6 is 0 Å². The standard InChI is InChI=1S/C16H20N4O9S2/c1-9-8-20(16(23)18-15(9)22)14-6-12(21)13(29-14)7-17-30(24,25)11-4-2-10(3-5-11)19-31(26,27)28/h2-5,8,12-14,17,19,21H,6-7H2,1H3,(H,18,22,23)(H,26,27,28)/t12-,13+,14+/m0/s1. The Balaban J connectivity index is 1.67. The number of aromatic amines is 1. The van der Waals surface area contributed by atoms with E-state index in [1.807, 2.05) is 0 Å². The third-order valence-corrected chi connectivity index (χ3v) is 6.48. The summed E-state index contributed by atoms with van der Waals surface area (Å²) in [4.78, 5) is 25.4. The molecule has 0 radical (unpaired) electrons. The van der Waals surface area contributed by atoms with Crippen molar-refractivity contribution in [2.75, 3.05) is 11.3 Å². The topological polar surface area (TPSA) is 197 Å².